The maximum atomic E-state index is 14.1. The van der Waals surface area contributed by atoms with Gasteiger partial charge in [0.25, 0.3) is 0 Å². The summed E-state index contributed by atoms with van der Waals surface area (Å²) >= 11 is 0. The van der Waals surface area contributed by atoms with Gasteiger partial charge in [-0.3, -0.25) is 0 Å². The van der Waals surface area contributed by atoms with E-state index in [4.69, 9.17) is 4.74 Å². The highest BCUT2D eigenvalue weighted by atomic mass is 19.1. The van der Waals surface area contributed by atoms with Crippen LogP contribution in [0, 0.1) is 5.82 Å². The molecule has 1 fully saturated rings. The highest BCUT2D eigenvalue weighted by Crippen LogP contribution is 2.58. The van der Waals surface area contributed by atoms with Crippen LogP contribution < -0.4 is 9.64 Å². The molecule has 1 aliphatic heterocycles. The molecule has 0 N–H and O–H groups in total. The first-order chi connectivity index (χ1) is 14.5. The first-order valence-corrected chi connectivity index (χ1v) is 9.85. The molecule has 152 valence electrons. The van der Waals surface area contributed by atoms with Gasteiger partial charge in [-0.2, -0.15) is 0 Å². The molecule has 0 bridgehead atoms. The second-order valence-electron chi connectivity index (χ2n) is 8.06. The number of nitrogens with zero attached hydrogens (tertiary/aromatic N) is 4. The lowest BCUT2D eigenvalue weighted by Crippen LogP contribution is -2.25. The number of ether oxygens (including phenoxy) is 1. The molecule has 7 heteroatoms. The molecule has 2 heterocycles. The SMILES string of the molecule is CN(C)C(=O)Oc1ccc2c(c1)N(c1ncc(-c3ccccc3F)cn1)CC21CC1. The molecule has 1 saturated carbocycles. The Morgan fingerprint density at radius 2 is 1.87 bits per heavy atom. The molecule has 2 aromatic carbocycles. The average molecular weight is 404 g/mol. The second-order valence-corrected chi connectivity index (χ2v) is 8.06. The van der Waals surface area contributed by atoms with Crippen LogP contribution in [0.1, 0.15) is 18.4 Å². The minimum absolute atomic E-state index is 0.118. The Kier molecular flexibility index (Phi) is 4.20. The number of benzene rings is 2. The third kappa shape index (κ3) is 3.07. The number of carbonyl (C=O) groups excluding carboxylic acids is 1. The van der Waals surface area contributed by atoms with E-state index >= 15 is 0 Å². The number of hydrogen-bond donors (Lipinski definition) is 0. The van der Waals surface area contributed by atoms with Gasteiger partial charge >= 0.3 is 6.09 Å². The number of amides is 1. The quantitative estimate of drug-likeness (QED) is 0.642. The van der Waals surface area contributed by atoms with Gasteiger partial charge in [0, 0.05) is 55.6 Å². The van der Waals surface area contributed by atoms with Crippen molar-refractivity contribution in [3.05, 3.63) is 66.2 Å². The van der Waals surface area contributed by atoms with E-state index in [-0.39, 0.29) is 11.2 Å². The Morgan fingerprint density at radius 3 is 2.53 bits per heavy atom. The highest BCUT2D eigenvalue weighted by Gasteiger charge is 2.52. The van der Waals surface area contributed by atoms with Crippen molar-refractivity contribution in [3.8, 4) is 16.9 Å². The van der Waals surface area contributed by atoms with Crippen LogP contribution in [0.5, 0.6) is 5.75 Å². The first-order valence-electron chi connectivity index (χ1n) is 9.85. The van der Waals surface area contributed by atoms with E-state index in [1.54, 1.807) is 44.7 Å². The van der Waals surface area contributed by atoms with Crippen LogP contribution in [0.15, 0.2) is 54.9 Å². The molecule has 3 aromatic rings. The fraction of sp³-hybridized carbons (Fsp3) is 0.261. The van der Waals surface area contributed by atoms with Gasteiger partial charge in [-0.1, -0.05) is 24.3 Å². The van der Waals surface area contributed by atoms with E-state index in [1.807, 2.05) is 18.2 Å². The van der Waals surface area contributed by atoms with E-state index < -0.39 is 6.09 Å². The predicted octanol–water partition coefficient (Wildman–Crippen LogP) is 4.53. The molecule has 6 nitrogen and oxygen atoms in total. The van der Waals surface area contributed by atoms with Gasteiger partial charge in [0.05, 0.1) is 5.69 Å². The molecular formula is C23H21FN4O2. The standard InChI is InChI=1S/C23H21FN4O2/c1-27(2)22(29)30-16-7-8-18-20(11-16)28(14-23(18)9-10-23)21-25-12-15(13-26-21)17-5-3-4-6-19(17)24/h3-8,11-13H,9-10,14H2,1-2H3. The topological polar surface area (TPSA) is 58.6 Å². The molecule has 0 saturated heterocycles. The van der Waals surface area contributed by atoms with Crippen LogP contribution >= 0.6 is 0 Å². The first kappa shape index (κ1) is 18.5. The van der Waals surface area contributed by atoms with Crippen molar-refractivity contribution in [1.29, 1.82) is 0 Å². The maximum absolute atomic E-state index is 14.1. The van der Waals surface area contributed by atoms with Crippen molar-refractivity contribution in [2.24, 2.45) is 0 Å². The van der Waals surface area contributed by atoms with Crippen LogP contribution in [0.3, 0.4) is 0 Å². The highest BCUT2D eigenvalue weighted by molar-refractivity contribution is 5.75. The van der Waals surface area contributed by atoms with E-state index in [2.05, 4.69) is 14.9 Å². The lowest BCUT2D eigenvalue weighted by atomic mass is 9.99. The number of carbonyl (C=O) groups is 1. The van der Waals surface area contributed by atoms with Gasteiger partial charge in [0.15, 0.2) is 0 Å². The lowest BCUT2D eigenvalue weighted by molar-refractivity contribution is 0.172. The Bertz CT molecular complexity index is 1130. The normalized spacial score (nSPS) is 15.8. The van der Waals surface area contributed by atoms with Crippen molar-refractivity contribution >= 4 is 17.7 Å². The summed E-state index contributed by atoms with van der Waals surface area (Å²) in [7, 11) is 3.29. The van der Waals surface area contributed by atoms with Crippen molar-refractivity contribution in [2.75, 3.05) is 25.5 Å². The van der Waals surface area contributed by atoms with Crippen LogP contribution in [-0.4, -0.2) is 41.6 Å². The van der Waals surface area contributed by atoms with Crippen LogP contribution in [0.2, 0.25) is 0 Å². The van der Waals surface area contributed by atoms with E-state index in [9.17, 15) is 9.18 Å². The smallest absolute Gasteiger partial charge is 0.410 e. The van der Waals surface area contributed by atoms with E-state index in [0.717, 1.165) is 25.1 Å². The summed E-state index contributed by atoms with van der Waals surface area (Å²) in [6.45, 7) is 0.784. The Morgan fingerprint density at radius 1 is 1.13 bits per heavy atom. The number of anilines is 2. The summed E-state index contributed by atoms with van der Waals surface area (Å²) in [5, 5.41) is 0. The van der Waals surface area contributed by atoms with Crippen molar-refractivity contribution in [3.63, 3.8) is 0 Å². The number of rotatable bonds is 3. The average Bonchev–Trinajstić information content (AvgIpc) is 3.45. The molecule has 1 aromatic heterocycles. The van der Waals surface area contributed by atoms with Gasteiger partial charge in [-0.25, -0.2) is 19.2 Å². The zero-order valence-electron chi connectivity index (χ0n) is 16.8. The van der Waals surface area contributed by atoms with E-state index in [0.29, 0.717) is 22.8 Å². The monoisotopic (exact) mass is 404 g/mol. The van der Waals surface area contributed by atoms with Crippen molar-refractivity contribution < 1.29 is 13.9 Å². The Labute approximate surface area is 173 Å². The van der Waals surface area contributed by atoms with Crippen molar-refractivity contribution in [1.82, 2.24) is 14.9 Å². The maximum Gasteiger partial charge on any atom is 0.414 e. The third-order valence-electron chi connectivity index (χ3n) is 5.78. The fourth-order valence-corrected chi connectivity index (χ4v) is 3.96. The number of hydrogen-bond acceptors (Lipinski definition) is 5. The summed E-state index contributed by atoms with van der Waals surface area (Å²) in [4.78, 5) is 24.4. The summed E-state index contributed by atoms with van der Waals surface area (Å²) in [5.41, 5.74) is 3.41. The minimum atomic E-state index is -0.425. The Balaban J connectivity index is 1.48. The molecule has 0 radical (unpaired) electrons. The number of halogens is 1. The van der Waals surface area contributed by atoms with Crippen LogP contribution in [-0.2, 0) is 5.41 Å². The summed E-state index contributed by atoms with van der Waals surface area (Å²) in [6, 6.07) is 12.3. The number of fused-ring (bicyclic) bond motifs is 2. The molecule has 5 rings (SSSR count). The molecule has 1 aliphatic carbocycles. The zero-order valence-corrected chi connectivity index (χ0v) is 16.8. The minimum Gasteiger partial charge on any atom is -0.410 e. The van der Waals surface area contributed by atoms with Crippen LogP contribution in [0.25, 0.3) is 11.1 Å². The summed E-state index contributed by atoms with van der Waals surface area (Å²) in [6.07, 6.45) is 5.09. The molecule has 30 heavy (non-hydrogen) atoms. The van der Waals surface area contributed by atoms with Gasteiger partial charge < -0.3 is 14.5 Å². The summed E-state index contributed by atoms with van der Waals surface area (Å²) < 4.78 is 19.5. The van der Waals surface area contributed by atoms with Gasteiger partial charge in [-0.05, 0) is 30.5 Å². The van der Waals surface area contributed by atoms with Gasteiger partial charge in [-0.15, -0.1) is 0 Å². The third-order valence-corrected chi connectivity index (χ3v) is 5.78. The predicted molar refractivity (Wildman–Crippen MR) is 111 cm³/mol. The molecule has 1 spiro atoms. The van der Waals surface area contributed by atoms with E-state index in [1.165, 1.54) is 16.5 Å². The second kappa shape index (κ2) is 6.79. The Hall–Kier alpha value is -3.48. The van der Waals surface area contributed by atoms with Gasteiger partial charge in [0.2, 0.25) is 5.95 Å². The zero-order chi connectivity index (χ0) is 20.9. The van der Waals surface area contributed by atoms with Gasteiger partial charge in [0.1, 0.15) is 11.6 Å². The summed E-state index contributed by atoms with van der Waals surface area (Å²) in [5.74, 6) is 0.735. The van der Waals surface area contributed by atoms with Crippen molar-refractivity contribution in [2.45, 2.75) is 18.3 Å². The molecule has 2 aliphatic rings. The molecule has 0 atom stereocenters. The lowest BCUT2D eigenvalue weighted by Gasteiger charge is -2.18. The largest absolute Gasteiger partial charge is 0.414 e. The fourth-order valence-electron chi connectivity index (χ4n) is 3.96. The molecular weight excluding hydrogens is 383 g/mol. The van der Waals surface area contributed by atoms with Crippen LogP contribution in [0.4, 0.5) is 20.8 Å². The molecule has 1 amide bonds. The number of aromatic nitrogens is 2. The molecule has 0 unspecified atom stereocenters.